The molecule has 0 amide bonds. The molecule has 0 fully saturated rings. The van der Waals surface area contributed by atoms with Gasteiger partial charge in [0, 0.05) is 6.42 Å². The van der Waals surface area contributed by atoms with Crippen LogP contribution in [0.2, 0.25) is 0 Å². The fourth-order valence-corrected chi connectivity index (χ4v) is 1.25. The molecule has 0 bridgehead atoms. The predicted octanol–water partition coefficient (Wildman–Crippen LogP) is 2.95. The Morgan fingerprint density at radius 1 is 1.41 bits per heavy atom. The Hall–Kier alpha value is -2.03. The van der Waals surface area contributed by atoms with E-state index in [1.54, 1.807) is 30.4 Å². The highest BCUT2D eigenvalue weighted by molar-refractivity contribution is 5.89. The van der Waals surface area contributed by atoms with Crippen molar-refractivity contribution >= 4 is 11.9 Å². The van der Waals surface area contributed by atoms with Gasteiger partial charge in [-0.3, -0.25) is 4.79 Å². The van der Waals surface area contributed by atoms with Crippen LogP contribution in [0.25, 0.3) is 6.08 Å². The number of hydrogen-bond donors (Lipinski definition) is 1. The van der Waals surface area contributed by atoms with Crippen LogP contribution in [0.4, 0.5) is 0 Å². The number of hydrogen-bond acceptors (Lipinski definition) is 3. The summed E-state index contributed by atoms with van der Waals surface area (Å²) in [6.45, 7) is 1.82. The van der Waals surface area contributed by atoms with E-state index in [1.165, 1.54) is 13.2 Å². The van der Waals surface area contributed by atoms with E-state index in [9.17, 15) is 9.90 Å². The molecule has 0 saturated carbocycles. The van der Waals surface area contributed by atoms with E-state index in [0.717, 1.165) is 5.56 Å². The van der Waals surface area contributed by atoms with Gasteiger partial charge >= 0.3 is 0 Å². The van der Waals surface area contributed by atoms with Gasteiger partial charge < -0.3 is 9.84 Å². The highest BCUT2D eigenvalue weighted by Gasteiger charge is 1.99. The Morgan fingerprint density at radius 3 is 2.82 bits per heavy atom. The highest BCUT2D eigenvalue weighted by atomic mass is 16.5. The summed E-state index contributed by atoms with van der Waals surface area (Å²) in [5.74, 6) is 0.639. The number of methoxy groups -OCH3 is 1. The van der Waals surface area contributed by atoms with Crippen LogP contribution in [-0.2, 0) is 4.79 Å². The molecule has 0 aromatic heterocycles. The van der Waals surface area contributed by atoms with E-state index >= 15 is 0 Å². The van der Waals surface area contributed by atoms with Crippen LogP contribution in [0.15, 0.2) is 36.4 Å². The molecule has 0 aliphatic carbocycles. The molecule has 1 aromatic rings. The Morgan fingerprint density at radius 2 is 2.18 bits per heavy atom. The number of aromatic hydroxyl groups is 1. The van der Waals surface area contributed by atoms with E-state index in [0.29, 0.717) is 12.2 Å². The molecule has 1 rings (SSSR count). The molecule has 0 aliphatic heterocycles. The lowest BCUT2D eigenvalue weighted by molar-refractivity contribution is -0.114. The summed E-state index contributed by atoms with van der Waals surface area (Å²) in [7, 11) is 1.50. The van der Waals surface area contributed by atoms with Gasteiger partial charge in [-0.1, -0.05) is 31.2 Å². The minimum absolute atomic E-state index is 0.0953. The summed E-state index contributed by atoms with van der Waals surface area (Å²) in [5.41, 5.74) is 0.897. The monoisotopic (exact) mass is 232 g/mol. The van der Waals surface area contributed by atoms with Gasteiger partial charge in [-0.15, -0.1) is 0 Å². The molecule has 90 valence electrons. The number of rotatable bonds is 5. The molecule has 0 spiro atoms. The number of carbonyl (C=O) groups is 1. The zero-order valence-corrected chi connectivity index (χ0v) is 10.0. The van der Waals surface area contributed by atoms with Gasteiger partial charge in [0.1, 0.15) is 0 Å². The SMILES string of the molecule is CCC(=O)C=CC=Cc1ccc(O)c(OC)c1. The van der Waals surface area contributed by atoms with Gasteiger partial charge in [0.2, 0.25) is 0 Å². The normalized spacial score (nSPS) is 11.2. The zero-order valence-electron chi connectivity index (χ0n) is 10.0. The van der Waals surface area contributed by atoms with E-state index in [-0.39, 0.29) is 11.5 Å². The number of allylic oxidation sites excluding steroid dienone is 3. The number of carbonyl (C=O) groups excluding carboxylic acids is 1. The smallest absolute Gasteiger partial charge is 0.161 e. The number of ether oxygens (including phenoxy) is 1. The van der Waals surface area contributed by atoms with E-state index in [4.69, 9.17) is 4.74 Å². The van der Waals surface area contributed by atoms with Crippen LogP contribution in [0.3, 0.4) is 0 Å². The molecule has 0 aliphatic rings. The van der Waals surface area contributed by atoms with Crippen LogP contribution in [0, 0.1) is 0 Å². The minimum atomic E-state index is 0.0953. The molecule has 3 heteroatoms. The largest absolute Gasteiger partial charge is 0.504 e. The lowest BCUT2D eigenvalue weighted by atomic mass is 10.2. The van der Waals surface area contributed by atoms with Gasteiger partial charge in [-0.2, -0.15) is 0 Å². The Bertz CT molecular complexity index is 445. The molecule has 1 aromatic carbocycles. The van der Waals surface area contributed by atoms with Crippen molar-refractivity contribution in [3.63, 3.8) is 0 Å². The van der Waals surface area contributed by atoms with Crippen molar-refractivity contribution < 1.29 is 14.6 Å². The second-order valence-corrected chi connectivity index (χ2v) is 3.47. The predicted molar refractivity (Wildman–Crippen MR) is 68.1 cm³/mol. The highest BCUT2D eigenvalue weighted by Crippen LogP contribution is 2.26. The first kappa shape index (κ1) is 13.0. The average molecular weight is 232 g/mol. The number of ketones is 1. The van der Waals surface area contributed by atoms with Gasteiger partial charge in [0.05, 0.1) is 7.11 Å². The topological polar surface area (TPSA) is 46.5 Å². The molecule has 0 saturated heterocycles. The average Bonchev–Trinajstić information content (AvgIpc) is 2.36. The molecule has 0 atom stereocenters. The summed E-state index contributed by atoms with van der Waals surface area (Å²) >= 11 is 0. The van der Waals surface area contributed by atoms with Crippen molar-refractivity contribution in [1.82, 2.24) is 0 Å². The second-order valence-electron chi connectivity index (χ2n) is 3.47. The lowest BCUT2D eigenvalue weighted by Crippen LogP contribution is -1.85. The van der Waals surface area contributed by atoms with Crippen molar-refractivity contribution in [2.75, 3.05) is 7.11 Å². The Labute approximate surface area is 101 Å². The third-order valence-electron chi connectivity index (χ3n) is 2.23. The summed E-state index contributed by atoms with van der Waals surface area (Å²) in [5, 5.41) is 9.40. The Balaban J connectivity index is 2.72. The maximum Gasteiger partial charge on any atom is 0.161 e. The van der Waals surface area contributed by atoms with Crippen LogP contribution < -0.4 is 4.74 Å². The molecule has 0 radical (unpaired) electrons. The van der Waals surface area contributed by atoms with Gasteiger partial charge in [0.15, 0.2) is 17.3 Å². The van der Waals surface area contributed by atoms with Crippen molar-refractivity contribution in [2.24, 2.45) is 0 Å². The van der Waals surface area contributed by atoms with E-state index in [1.807, 2.05) is 13.0 Å². The summed E-state index contributed by atoms with van der Waals surface area (Å²) in [6, 6.07) is 5.06. The van der Waals surface area contributed by atoms with Crippen molar-refractivity contribution in [3.8, 4) is 11.5 Å². The van der Waals surface area contributed by atoms with Crippen LogP contribution in [0.5, 0.6) is 11.5 Å². The van der Waals surface area contributed by atoms with Crippen molar-refractivity contribution in [1.29, 1.82) is 0 Å². The first-order valence-electron chi connectivity index (χ1n) is 5.42. The fraction of sp³-hybridized carbons (Fsp3) is 0.214. The Kier molecular flexibility index (Phi) is 5.01. The quantitative estimate of drug-likeness (QED) is 0.627. The van der Waals surface area contributed by atoms with E-state index in [2.05, 4.69) is 0 Å². The zero-order chi connectivity index (χ0) is 12.7. The van der Waals surface area contributed by atoms with Gasteiger partial charge in [0.25, 0.3) is 0 Å². The fourth-order valence-electron chi connectivity index (χ4n) is 1.25. The van der Waals surface area contributed by atoms with Crippen LogP contribution in [0.1, 0.15) is 18.9 Å². The maximum atomic E-state index is 11.0. The van der Waals surface area contributed by atoms with Crippen molar-refractivity contribution in [3.05, 3.63) is 42.0 Å². The molecular weight excluding hydrogens is 216 g/mol. The maximum absolute atomic E-state index is 11.0. The van der Waals surface area contributed by atoms with Gasteiger partial charge in [-0.25, -0.2) is 0 Å². The number of phenols is 1. The third kappa shape index (κ3) is 4.15. The third-order valence-corrected chi connectivity index (χ3v) is 2.23. The number of benzene rings is 1. The summed E-state index contributed by atoms with van der Waals surface area (Å²) in [4.78, 5) is 11.0. The lowest BCUT2D eigenvalue weighted by Gasteiger charge is -2.03. The first-order valence-corrected chi connectivity index (χ1v) is 5.42. The second kappa shape index (κ2) is 6.53. The van der Waals surface area contributed by atoms with E-state index < -0.39 is 0 Å². The number of phenolic OH excluding ortho intramolecular Hbond substituents is 1. The van der Waals surface area contributed by atoms with Gasteiger partial charge in [-0.05, 0) is 23.8 Å². The molecule has 3 nitrogen and oxygen atoms in total. The molecule has 17 heavy (non-hydrogen) atoms. The summed E-state index contributed by atoms with van der Waals surface area (Å²) in [6.07, 6.45) is 7.36. The molecular formula is C14H16O3. The molecule has 1 N–H and O–H groups in total. The summed E-state index contributed by atoms with van der Waals surface area (Å²) < 4.78 is 4.99. The molecule has 0 unspecified atom stereocenters. The standard InChI is InChI=1S/C14H16O3/c1-3-12(15)7-5-4-6-11-8-9-13(16)14(10-11)17-2/h4-10,16H,3H2,1-2H3. The van der Waals surface area contributed by atoms with Crippen LogP contribution >= 0.6 is 0 Å². The van der Waals surface area contributed by atoms with Crippen molar-refractivity contribution in [2.45, 2.75) is 13.3 Å². The van der Waals surface area contributed by atoms with Crippen LogP contribution in [-0.4, -0.2) is 18.0 Å². The molecule has 0 heterocycles. The minimum Gasteiger partial charge on any atom is -0.504 e. The first-order chi connectivity index (χ1) is 8.17.